The van der Waals surface area contributed by atoms with Crippen molar-refractivity contribution in [2.24, 2.45) is 10.9 Å². The second-order valence-electron chi connectivity index (χ2n) is 7.18. The Morgan fingerprint density at radius 1 is 1.27 bits per heavy atom. The molecule has 0 radical (unpaired) electrons. The maximum atomic E-state index is 5.82. The van der Waals surface area contributed by atoms with Crippen molar-refractivity contribution >= 4 is 29.9 Å². The first kappa shape index (κ1) is 25.9. The van der Waals surface area contributed by atoms with Gasteiger partial charge in [-0.3, -0.25) is 9.89 Å². The summed E-state index contributed by atoms with van der Waals surface area (Å²) in [7, 11) is 0. The van der Waals surface area contributed by atoms with E-state index < -0.39 is 0 Å². The highest BCUT2D eigenvalue weighted by Crippen LogP contribution is 2.11. The molecule has 0 aromatic rings. The summed E-state index contributed by atoms with van der Waals surface area (Å²) in [6, 6.07) is 0.883. The van der Waals surface area contributed by atoms with Crippen molar-refractivity contribution in [1.82, 2.24) is 15.5 Å². The number of aliphatic imine (C=N–C) groups is 1. The fourth-order valence-electron chi connectivity index (χ4n) is 3.22. The van der Waals surface area contributed by atoms with Gasteiger partial charge < -0.3 is 20.1 Å². The minimum Gasteiger partial charge on any atom is -0.379 e. The third-order valence-corrected chi connectivity index (χ3v) is 4.69. The Bertz CT molecular complexity index is 383. The molecule has 3 unspecified atom stereocenters. The van der Waals surface area contributed by atoms with Gasteiger partial charge in [0.25, 0.3) is 0 Å². The van der Waals surface area contributed by atoms with Crippen molar-refractivity contribution in [1.29, 1.82) is 0 Å². The van der Waals surface area contributed by atoms with Gasteiger partial charge >= 0.3 is 0 Å². The maximum Gasteiger partial charge on any atom is 0.191 e. The van der Waals surface area contributed by atoms with Crippen molar-refractivity contribution in [3.63, 3.8) is 0 Å². The molecule has 1 saturated heterocycles. The number of halogens is 1. The predicted molar refractivity (Wildman–Crippen MR) is 121 cm³/mol. The number of nitrogens with one attached hydrogen (secondary N) is 2. The zero-order valence-electron chi connectivity index (χ0n) is 17.6. The van der Waals surface area contributed by atoms with E-state index in [4.69, 9.17) is 14.5 Å². The SMILES string of the molecule is CCNC(=NCC(C)N1CCOCC1C)NCCC(OCC)C(C)C.I. The van der Waals surface area contributed by atoms with Gasteiger partial charge in [-0.05, 0) is 40.0 Å². The summed E-state index contributed by atoms with van der Waals surface area (Å²) in [5.41, 5.74) is 0. The van der Waals surface area contributed by atoms with Crippen LogP contribution >= 0.6 is 24.0 Å². The largest absolute Gasteiger partial charge is 0.379 e. The monoisotopic (exact) mass is 484 g/mol. The van der Waals surface area contributed by atoms with Crippen LogP contribution in [0.1, 0.15) is 48.0 Å². The second kappa shape index (κ2) is 14.9. The van der Waals surface area contributed by atoms with Gasteiger partial charge in [-0.15, -0.1) is 24.0 Å². The van der Waals surface area contributed by atoms with Crippen LogP contribution < -0.4 is 10.6 Å². The fraction of sp³-hybridized carbons (Fsp3) is 0.947. The molecule has 1 heterocycles. The van der Waals surface area contributed by atoms with E-state index in [1.165, 1.54) is 0 Å². The Balaban J connectivity index is 0.00000625. The van der Waals surface area contributed by atoms with E-state index in [1.807, 2.05) is 0 Å². The minimum atomic E-state index is 0. The van der Waals surface area contributed by atoms with E-state index >= 15 is 0 Å². The highest BCUT2D eigenvalue weighted by atomic mass is 127. The van der Waals surface area contributed by atoms with Crippen molar-refractivity contribution in [3.8, 4) is 0 Å². The zero-order valence-corrected chi connectivity index (χ0v) is 19.9. The molecule has 3 atom stereocenters. The molecule has 6 nitrogen and oxygen atoms in total. The van der Waals surface area contributed by atoms with E-state index in [1.54, 1.807) is 0 Å². The lowest BCUT2D eigenvalue weighted by atomic mass is 10.0. The summed E-state index contributed by atoms with van der Waals surface area (Å²) in [6.07, 6.45) is 1.29. The lowest BCUT2D eigenvalue weighted by molar-refractivity contribution is -0.0165. The number of hydrogen-bond acceptors (Lipinski definition) is 4. The van der Waals surface area contributed by atoms with Crippen molar-refractivity contribution < 1.29 is 9.47 Å². The van der Waals surface area contributed by atoms with Crippen LogP contribution in [0.15, 0.2) is 4.99 Å². The Hall–Kier alpha value is -0.120. The van der Waals surface area contributed by atoms with E-state index in [-0.39, 0.29) is 24.0 Å². The smallest absolute Gasteiger partial charge is 0.191 e. The number of morpholine rings is 1. The molecule has 0 aromatic carbocycles. The van der Waals surface area contributed by atoms with Crippen LogP contribution in [0.2, 0.25) is 0 Å². The fourth-order valence-corrected chi connectivity index (χ4v) is 3.22. The third kappa shape index (κ3) is 9.71. The molecule has 0 bridgehead atoms. The quantitative estimate of drug-likeness (QED) is 0.284. The third-order valence-electron chi connectivity index (χ3n) is 4.69. The summed E-state index contributed by atoms with van der Waals surface area (Å²) in [5.74, 6) is 1.43. The molecule has 1 rings (SSSR count). The normalized spacial score (nSPS) is 21.2. The van der Waals surface area contributed by atoms with Crippen LogP contribution in [-0.2, 0) is 9.47 Å². The van der Waals surface area contributed by atoms with Crippen LogP contribution in [-0.4, -0.2) is 75.0 Å². The second-order valence-corrected chi connectivity index (χ2v) is 7.18. The maximum absolute atomic E-state index is 5.82. The van der Waals surface area contributed by atoms with Gasteiger partial charge in [0.2, 0.25) is 0 Å². The summed E-state index contributed by atoms with van der Waals surface area (Å²) >= 11 is 0. The average Bonchev–Trinajstić information content (AvgIpc) is 2.58. The van der Waals surface area contributed by atoms with Crippen LogP contribution in [0.25, 0.3) is 0 Å². The molecular formula is C19H41IN4O2. The van der Waals surface area contributed by atoms with Crippen LogP contribution in [0, 0.1) is 5.92 Å². The van der Waals surface area contributed by atoms with Crippen molar-refractivity contribution in [2.45, 2.75) is 66.2 Å². The first-order valence-corrected chi connectivity index (χ1v) is 9.96. The van der Waals surface area contributed by atoms with Gasteiger partial charge in [-0.2, -0.15) is 0 Å². The molecule has 2 N–H and O–H groups in total. The first-order chi connectivity index (χ1) is 12.0. The van der Waals surface area contributed by atoms with Crippen LogP contribution in [0.4, 0.5) is 0 Å². The molecule has 0 amide bonds. The Kier molecular flexibility index (Phi) is 14.8. The van der Waals surface area contributed by atoms with Crippen molar-refractivity contribution in [2.75, 3.05) is 46.0 Å². The molecule has 0 aromatic heterocycles. The number of rotatable bonds is 10. The average molecular weight is 484 g/mol. The lowest BCUT2D eigenvalue weighted by Gasteiger charge is -2.37. The summed E-state index contributed by atoms with van der Waals surface area (Å²) in [5, 5.41) is 6.79. The Morgan fingerprint density at radius 3 is 2.58 bits per heavy atom. The van der Waals surface area contributed by atoms with E-state index in [2.05, 4.69) is 57.1 Å². The molecule has 0 spiro atoms. The molecule has 0 aliphatic carbocycles. The molecule has 7 heteroatoms. The van der Waals surface area contributed by atoms with E-state index in [0.29, 0.717) is 24.1 Å². The summed E-state index contributed by atoms with van der Waals surface area (Å²) in [4.78, 5) is 7.27. The molecule has 26 heavy (non-hydrogen) atoms. The lowest BCUT2D eigenvalue weighted by Crippen LogP contribution is -2.49. The van der Waals surface area contributed by atoms with Gasteiger partial charge in [0.1, 0.15) is 0 Å². The topological polar surface area (TPSA) is 58.1 Å². The minimum absolute atomic E-state index is 0. The van der Waals surface area contributed by atoms with Gasteiger partial charge in [0.05, 0.1) is 25.9 Å². The first-order valence-electron chi connectivity index (χ1n) is 9.96. The van der Waals surface area contributed by atoms with Gasteiger partial charge in [-0.25, -0.2) is 0 Å². The Morgan fingerprint density at radius 2 is 2.00 bits per heavy atom. The zero-order chi connectivity index (χ0) is 18.7. The van der Waals surface area contributed by atoms with E-state index in [0.717, 1.165) is 58.4 Å². The van der Waals surface area contributed by atoms with Gasteiger partial charge in [-0.1, -0.05) is 13.8 Å². The number of guanidine groups is 1. The number of nitrogens with zero attached hydrogens (tertiary/aromatic N) is 2. The molecule has 1 aliphatic heterocycles. The van der Waals surface area contributed by atoms with E-state index in [9.17, 15) is 0 Å². The van der Waals surface area contributed by atoms with Crippen LogP contribution in [0.5, 0.6) is 0 Å². The molecule has 1 aliphatic rings. The summed E-state index contributed by atoms with van der Waals surface area (Å²) < 4.78 is 11.3. The van der Waals surface area contributed by atoms with Gasteiger partial charge in [0, 0.05) is 38.3 Å². The predicted octanol–water partition coefficient (Wildman–Crippen LogP) is 2.72. The Labute approximate surface area is 177 Å². The standard InChI is InChI=1S/C19H40N4O2.HI/c1-7-20-19(21-10-9-18(15(3)4)25-8-2)22-13-16(5)23-11-12-24-14-17(23)6;/h15-18H,7-14H2,1-6H3,(H2,20,21,22);1H. The summed E-state index contributed by atoms with van der Waals surface area (Å²) in [6.45, 7) is 19.0. The number of hydrogen-bond donors (Lipinski definition) is 2. The van der Waals surface area contributed by atoms with Crippen molar-refractivity contribution in [3.05, 3.63) is 0 Å². The highest BCUT2D eigenvalue weighted by molar-refractivity contribution is 14.0. The van der Waals surface area contributed by atoms with Gasteiger partial charge in [0.15, 0.2) is 5.96 Å². The molecule has 1 fully saturated rings. The molecule has 0 saturated carbocycles. The number of ether oxygens (including phenoxy) is 2. The highest BCUT2D eigenvalue weighted by Gasteiger charge is 2.23. The molecular weight excluding hydrogens is 443 g/mol. The molecule has 156 valence electrons. The van der Waals surface area contributed by atoms with Crippen LogP contribution in [0.3, 0.4) is 0 Å².